The Morgan fingerprint density at radius 3 is 2.74 bits per heavy atom. The zero-order valence-corrected chi connectivity index (χ0v) is 14.8. The van der Waals surface area contributed by atoms with E-state index in [2.05, 4.69) is 23.1 Å². The van der Waals surface area contributed by atoms with Gasteiger partial charge < -0.3 is 9.64 Å². The lowest BCUT2D eigenvalue weighted by Crippen LogP contribution is -2.45. The van der Waals surface area contributed by atoms with Crippen molar-refractivity contribution >= 4 is 10.0 Å². The summed E-state index contributed by atoms with van der Waals surface area (Å²) in [4.78, 5) is 2.44. The SMILES string of the molecule is CN(C1CCN(CCc2ccc3c(c2)CCO3)CC1)S(C)(=O)=O. The van der Waals surface area contributed by atoms with Crippen molar-refractivity contribution in [1.29, 1.82) is 0 Å². The molecule has 2 aliphatic heterocycles. The molecule has 23 heavy (non-hydrogen) atoms. The molecule has 2 aliphatic rings. The highest BCUT2D eigenvalue weighted by Gasteiger charge is 2.26. The highest BCUT2D eigenvalue weighted by atomic mass is 32.2. The van der Waals surface area contributed by atoms with Gasteiger partial charge in [-0.3, -0.25) is 0 Å². The molecule has 0 radical (unpaired) electrons. The molecule has 0 aromatic heterocycles. The van der Waals surface area contributed by atoms with Crippen molar-refractivity contribution in [2.75, 3.05) is 39.5 Å². The van der Waals surface area contributed by atoms with Crippen LogP contribution >= 0.6 is 0 Å². The van der Waals surface area contributed by atoms with Gasteiger partial charge in [0.1, 0.15) is 5.75 Å². The number of rotatable bonds is 5. The zero-order valence-electron chi connectivity index (χ0n) is 14.0. The van der Waals surface area contributed by atoms with Gasteiger partial charge in [-0.05, 0) is 49.5 Å². The maximum absolute atomic E-state index is 11.6. The van der Waals surface area contributed by atoms with Crippen LogP contribution < -0.4 is 4.74 Å². The molecule has 3 rings (SSSR count). The van der Waals surface area contributed by atoms with Gasteiger partial charge in [-0.1, -0.05) is 12.1 Å². The Labute approximate surface area is 139 Å². The largest absolute Gasteiger partial charge is 0.493 e. The molecule has 0 bridgehead atoms. The first-order valence-electron chi connectivity index (χ1n) is 8.33. The summed E-state index contributed by atoms with van der Waals surface area (Å²) in [5.74, 6) is 1.04. The second kappa shape index (κ2) is 6.79. The molecular weight excluding hydrogens is 312 g/mol. The molecule has 0 spiro atoms. The summed E-state index contributed by atoms with van der Waals surface area (Å²) in [5, 5.41) is 0. The van der Waals surface area contributed by atoms with Crippen molar-refractivity contribution in [3.63, 3.8) is 0 Å². The number of ether oxygens (including phenoxy) is 1. The predicted molar refractivity (Wildman–Crippen MR) is 91.4 cm³/mol. The molecule has 6 heteroatoms. The van der Waals surface area contributed by atoms with Crippen LogP contribution in [0.2, 0.25) is 0 Å². The maximum Gasteiger partial charge on any atom is 0.211 e. The number of sulfonamides is 1. The summed E-state index contributed by atoms with van der Waals surface area (Å²) >= 11 is 0. The normalized spacial score (nSPS) is 19.8. The summed E-state index contributed by atoms with van der Waals surface area (Å²) in [6.45, 7) is 3.78. The first kappa shape index (κ1) is 16.7. The van der Waals surface area contributed by atoms with Crippen LogP contribution in [0, 0.1) is 0 Å². The first-order valence-corrected chi connectivity index (χ1v) is 10.2. The third-order valence-electron chi connectivity index (χ3n) is 5.07. The molecule has 5 nitrogen and oxygen atoms in total. The van der Waals surface area contributed by atoms with Gasteiger partial charge >= 0.3 is 0 Å². The minimum Gasteiger partial charge on any atom is -0.493 e. The van der Waals surface area contributed by atoms with E-state index < -0.39 is 10.0 Å². The Hall–Kier alpha value is -1.11. The molecule has 0 N–H and O–H groups in total. The second-order valence-electron chi connectivity index (χ2n) is 6.64. The van der Waals surface area contributed by atoms with Crippen molar-refractivity contribution in [3.05, 3.63) is 29.3 Å². The van der Waals surface area contributed by atoms with Gasteiger partial charge in [0, 0.05) is 26.1 Å². The fourth-order valence-electron chi connectivity index (χ4n) is 3.46. The van der Waals surface area contributed by atoms with Crippen molar-refractivity contribution in [3.8, 4) is 5.75 Å². The lowest BCUT2D eigenvalue weighted by molar-refractivity contribution is 0.172. The topological polar surface area (TPSA) is 49.9 Å². The van der Waals surface area contributed by atoms with Crippen molar-refractivity contribution in [2.24, 2.45) is 0 Å². The number of fused-ring (bicyclic) bond motifs is 1. The van der Waals surface area contributed by atoms with Crippen LogP contribution in [0.1, 0.15) is 24.0 Å². The summed E-state index contributed by atoms with van der Waals surface area (Å²) < 4.78 is 30.3. The van der Waals surface area contributed by atoms with Crippen LogP contribution in [0.25, 0.3) is 0 Å². The fourth-order valence-corrected chi connectivity index (χ4v) is 4.21. The van der Waals surface area contributed by atoms with Crippen molar-refractivity contribution in [1.82, 2.24) is 9.21 Å². The average Bonchev–Trinajstić information content (AvgIpc) is 2.99. The third-order valence-corrected chi connectivity index (χ3v) is 6.41. The molecular formula is C17H26N2O3S. The van der Waals surface area contributed by atoms with Gasteiger partial charge in [0.05, 0.1) is 12.9 Å². The number of likely N-dealkylation sites (tertiary alicyclic amines) is 1. The van der Waals surface area contributed by atoms with Crippen LogP contribution in [-0.4, -0.2) is 63.2 Å². The third kappa shape index (κ3) is 4.05. The molecule has 0 atom stereocenters. The van der Waals surface area contributed by atoms with Gasteiger partial charge in [-0.25, -0.2) is 12.7 Å². The number of benzene rings is 1. The highest BCUT2D eigenvalue weighted by Crippen LogP contribution is 2.26. The van der Waals surface area contributed by atoms with Crippen molar-refractivity contribution < 1.29 is 13.2 Å². The maximum atomic E-state index is 11.6. The quantitative estimate of drug-likeness (QED) is 0.817. The van der Waals surface area contributed by atoms with Gasteiger partial charge in [0.25, 0.3) is 0 Å². The Bertz CT molecular complexity index is 652. The molecule has 1 saturated heterocycles. The minimum atomic E-state index is -3.08. The number of hydrogen-bond donors (Lipinski definition) is 0. The van der Waals surface area contributed by atoms with E-state index in [1.807, 2.05) is 0 Å². The van der Waals surface area contributed by atoms with Gasteiger partial charge in [-0.15, -0.1) is 0 Å². The predicted octanol–water partition coefficient (Wildman–Crippen LogP) is 1.52. The Morgan fingerprint density at radius 1 is 1.30 bits per heavy atom. The van der Waals surface area contributed by atoms with E-state index in [-0.39, 0.29) is 6.04 Å². The fraction of sp³-hybridized carbons (Fsp3) is 0.647. The molecule has 1 aromatic rings. The molecule has 2 heterocycles. The summed E-state index contributed by atoms with van der Waals surface area (Å²) in [7, 11) is -1.38. The minimum absolute atomic E-state index is 0.151. The molecule has 0 unspecified atom stereocenters. The smallest absolute Gasteiger partial charge is 0.211 e. The first-order chi connectivity index (χ1) is 10.9. The lowest BCUT2D eigenvalue weighted by Gasteiger charge is -2.35. The molecule has 128 valence electrons. The number of nitrogens with zero attached hydrogens (tertiary/aromatic N) is 2. The number of hydrogen-bond acceptors (Lipinski definition) is 4. The highest BCUT2D eigenvalue weighted by molar-refractivity contribution is 7.88. The molecule has 1 aromatic carbocycles. The molecule has 1 fully saturated rings. The monoisotopic (exact) mass is 338 g/mol. The number of piperidine rings is 1. The molecule has 0 aliphatic carbocycles. The van der Waals surface area contributed by atoms with Crippen LogP contribution in [0.15, 0.2) is 18.2 Å². The van der Waals surface area contributed by atoms with Gasteiger partial charge in [0.2, 0.25) is 10.0 Å². The Morgan fingerprint density at radius 2 is 2.04 bits per heavy atom. The molecule has 0 saturated carbocycles. The van der Waals surface area contributed by atoms with Crippen LogP contribution in [0.5, 0.6) is 5.75 Å². The lowest BCUT2D eigenvalue weighted by atomic mass is 10.0. The molecule has 0 amide bonds. The van der Waals surface area contributed by atoms with E-state index in [1.165, 1.54) is 21.7 Å². The zero-order chi connectivity index (χ0) is 16.4. The van der Waals surface area contributed by atoms with E-state index in [4.69, 9.17) is 4.74 Å². The van der Waals surface area contributed by atoms with E-state index in [0.29, 0.717) is 0 Å². The Kier molecular flexibility index (Phi) is 4.94. The van der Waals surface area contributed by atoms with Crippen LogP contribution in [0.4, 0.5) is 0 Å². The average molecular weight is 338 g/mol. The van der Waals surface area contributed by atoms with E-state index in [1.54, 1.807) is 7.05 Å². The van der Waals surface area contributed by atoms with E-state index >= 15 is 0 Å². The van der Waals surface area contributed by atoms with Crippen LogP contribution in [-0.2, 0) is 22.9 Å². The second-order valence-corrected chi connectivity index (χ2v) is 8.68. The van der Waals surface area contributed by atoms with Crippen LogP contribution in [0.3, 0.4) is 0 Å². The standard InChI is InChI=1S/C17H26N2O3S/c1-18(23(2,20)21)16-6-10-19(11-7-16)9-5-14-3-4-17-15(13-14)8-12-22-17/h3-4,13,16H,5-12H2,1-2H3. The van der Waals surface area contributed by atoms with Gasteiger partial charge in [-0.2, -0.15) is 0 Å². The van der Waals surface area contributed by atoms with Gasteiger partial charge in [0.15, 0.2) is 0 Å². The summed E-state index contributed by atoms with van der Waals surface area (Å²) in [6.07, 6.45) is 5.19. The summed E-state index contributed by atoms with van der Waals surface area (Å²) in [5.41, 5.74) is 2.70. The van der Waals surface area contributed by atoms with E-state index in [9.17, 15) is 8.42 Å². The van der Waals surface area contributed by atoms with Crippen molar-refractivity contribution in [2.45, 2.75) is 31.7 Å². The summed E-state index contributed by atoms with van der Waals surface area (Å²) in [6, 6.07) is 6.67. The Balaban J connectivity index is 1.48. The van der Waals surface area contributed by atoms with E-state index in [0.717, 1.165) is 57.7 Å².